The molecule has 1 aliphatic heterocycles. The molecule has 0 fully saturated rings. The molecule has 1 aromatic carbocycles. The van der Waals surface area contributed by atoms with Gasteiger partial charge >= 0.3 is 5.97 Å². The minimum atomic E-state index is -0.942. The number of aliphatic carboxylic acids is 1. The van der Waals surface area contributed by atoms with Gasteiger partial charge in [0, 0.05) is 18.8 Å². The van der Waals surface area contributed by atoms with Crippen LogP contribution in [0, 0.1) is 0 Å². The zero-order valence-corrected chi connectivity index (χ0v) is 10.7. The van der Waals surface area contributed by atoms with Crippen LogP contribution in [-0.4, -0.2) is 30.2 Å². The fraction of sp³-hybridized carbons (Fsp3) is 0.500. The zero-order valence-electron chi connectivity index (χ0n) is 10.7. The van der Waals surface area contributed by atoms with Gasteiger partial charge in [0.1, 0.15) is 6.04 Å². The molecule has 4 nitrogen and oxygen atoms in total. The number of hydrogen-bond acceptors (Lipinski definition) is 3. The van der Waals surface area contributed by atoms with E-state index in [-0.39, 0.29) is 0 Å². The molecule has 0 radical (unpaired) electrons. The van der Waals surface area contributed by atoms with E-state index in [1.54, 1.807) is 0 Å². The second kappa shape index (κ2) is 5.40. The number of fused-ring (bicyclic) bond motifs is 1. The third kappa shape index (κ3) is 2.64. The second-order valence-electron chi connectivity index (χ2n) is 4.80. The Bertz CT molecular complexity index is 445. The average Bonchev–Trinajstić information content (AvgIpc) is 2.37. The molecule has 0 spiro atoms. The van der Waals surface area contributed by atoms with E-state index in [1.165, 1.54) is 11.3 Å². The predicted molar refractivity (Wildman–Crippen MR) is 72.0 cm³/mol. The summed E-state index contributed by atoms with van der Waals surface area (Å²) in [5.41, 5.74) is 9.19. The molecule has 0 aromatic heterocycles. The van der Waals surface area contributed by atoms with Gasteiger partial charge in [-0.05, 0) is 43.4 Å². The number of carboxylic acid groups (broad SMARTS) is 1. The van der Waals surface area contributed by atoms with Crippen LogP contribution in [0.4, 0.5) is 5.69 Å². The van der Waals surface area contributed by atoms with Crippen molar-refractivity contribution in [1.82, 2.24) is 0 Å². The lowest BCUT2D eigenvalue weighted by Gasteiger charge is -2.30. The number of rotatable bonds is 4. The van der Waals surface area contributed by atoms with Crippen molar-refractivity contribution in [2.75, 3.05) is 18.0 Å². The molecule has 1 aromatic rings. The number of nitrogens with two attached hydrogens (primary N) is 1. The van der Waals surface area contributed by atoms with Crippen LogP contribution < -0.4 is 10.6 Å². The van der Waals surface area contributed by atoms with Gasteiger partial charge in [-0.3, -0.25) is 4.79 Å². The molecule has 2 rings (SSSR count). The van der Waals surface area contributed by atoms with Crippen LogP contribution in [0.25, 0.3) is 0 Å². The maximum absolute atomic E-state index is 10.8. The maximum atomic E-state index is 10.8. The average molecular weight is 248 g/mol. The summed E-state index contributed by atoms with van der Waals surface area (Å²) in [6.07, 6.45) is 2.63. The van der Waals surface area contributed by atoms with Gasteiger partial charge in [-0.15, -0.1) is 0 Å². The van der Waals surface area contributed by atoms with Crippen LogP contribution in [0.1, 0.15) is 24.5 Å². The van der Waals surface area contributed by atoms with Crippen molar-refractivity contribution in [3.05, 3.63) is 29.3 Å². The molecule has 0 saturated carbocycles. The topological polar surface area (TPSA) is 66.6 Å². The number of carbonyl (C=O) groups is 1. The molecule has 18 heavy (non-hydrogen) atoms. The summed E-state index contributed by atoms with van der Waals surface area (Å²) in [4.78, 5) is 13.1. The fourth-order valence-corrected chi connectivity index (χ4v) is 2.53. The Hall–Kier alpha value is -1.55. The van der Waals surface area contributed by atoms with E-state index in [9.17, 15) is 4.79 Å². The molecule has 0 aliphatic carbocycles. The van der Waals surface area contributed by atoms with Gasteiger partial charge in [0.25, 0.3) is 0 Å². The second-order valence-corrected chi connectivity index (χ2v) is 4.80. The zero-order chi connectivity index (χ0) is 13.1. The van der Waals surface area contributed by atoms with Gasteiger partial charge in [-0.2, -0.15) is 0 Å². The molecule has 0 amide bonds. The number of benzene rings is 1. The number of aryl methyl sites for hydroxylation is 1. The highest BCUT2D eigenvalue weighted by atomic mass is 16.4. The Morgan fingerprint density at radius 2 is 2.33 bits per heavy atom. The lowest BCUT2D eigenvalue weighted by molar-refractivity contribution is -0.138. The van der Waals surface area contributed by atoms with Gasteiger partial charge in [-0.25, -0.2) is 0 Å². The van der Waals surface area contributed by atoms with E-state index in [0.717, 1.165) is 31.5 Å². The largest absolute Gasteiger partial charge is 0.480 e. The quantitative estimate of drug-likeness (QED) is 0.845. The SMILES string of the molecule is CCN1CCCc2cc(CC(N)C(=O)O)ccc21. The van der Waals surface area contributed by atoms with E-state index < -0.39 is 12.0 Å². The van der Waals surface area contributed by atoms with Crippen molar-refractivity contribution < 1.29 is 9.90 Å². The normalized spacial score (nSPS) is 16.2. The van der Waals surface area contributed by atoms with Gasteiger partial charge in [0.05, 0.1) is 0 Å². The summed E-state index contributed by atoms with van der Waals surface area (Å²) in [6, 6.07) is 5.39. The smallest absolute Gasteiger partial charge is 0.320 e. The number of carboxylic acids is 1. The van der Waals surface area contributed by atoms with E-state index in [4.69, 9.17) is 10.8 Å². The van der Waals surface area contributed by atoms with Crippen LogP contribution in [0.5, 0.6) is 0 Å². The standard InChI is InChI=1S/C14H20N2O2/c1-2-16-7-3-4-11-8-10(5-6-13(11)16)9-12(15)14(17)18/h5-6,8,12H,2-4,7,9,15H2,1H3,(H,17,18). The molecule has 1 heterocycles. The number of nitrogens with zero attached hydrogens (tertiary/aromatic N) is 1. The van der Waals surface area contributed by atoms with Crippen LogP contribution in [0.3, 0.4) is 0 Å². The summed E-state index contributed by atoms with van der Waals surface area (Å²) in [6.45, 7) is 4.28. The lowest BCUT2D eigenvalue weighted by atomic mass is 9.96. The first-order valence-corrected chi connectivity index (χ1v) is 6.47. The molecule has 1 aliphatic rings. The molecule has 98 valence electrons. The van der Waals surface area contributed by atoms with Crippen LogP contribution in [-0.2, 0) is 17.6 Å². The number of hydrogen-bond donors (Lipinski definition) is 2. The molecule has 1 atom stereocenters. The molecule has 4 heteroatoms. The van der Waals surface area contributed by atoms with Gasteiger partial charge in [0.2, 0.25) is 0 Å². The van der Waals surface area contributed by atoms with Crippen LogP contribution in [0.15, 0.2) is 18.2 Å². The van der Waals surface area contributed by atoms with Gasteiger partial charge in [-0.1, -0.05) is 12.1 Å². The summed E-state index contributed by atoms with van der Waals surface area (Å²) < 4.78 is 0. The summed E-state index contributed by atoms with van der Waals surface area (Å²) in [7, 11) is 0. The Morgan fingerprint density at radius 1 is 1.56 bits per heavy atom. The molecule has 3 N–H and O–H groups in total. The van der Waals surface area contributed by atoms with Gasteiger partial charge < -0.3 is 15.7 Å². The highest BCUT2D eigenvalue weighted by Gasteiger charge is 2.17. The summed E-state index contributed by atoms with van der Waals surface area (Å²) in [5.74, 6) is -0.942. The van der Waals surface area contributed by atoms with Crippen molar-refractivity contribution in [2.24, 2.45) is 5.73 Å². The highest BCUT2D eigenvalue weighted by molar-refractivity contribution is 5.73. The lowest BCUT2D eigenvalue weighted by Crippen LogP contribution is -2.32. The van der Waals surface area contributed by atoms with Crippen molar-refractivity contribution in [3.63, 3.8) is 0 Å². The van der Waals surface area contributed by atoms with Crippen LogP contribution >= 0.6 is 0 Å². The summed E-state index contributed by atoms with van der Waals surface area (Å²) >= 11 is 0. The van der Waals surface area contributed by atoms with Crippen molar-refractivity contribution in [3.8, 4) is 0 Å². The van der Waals surface area contributed by atoms with E-state index in [2.05, 4.69) is 24.0 Å². The Labute approximate surface area is 107 Å². The first kappa shape index (κ1) is 12.9. The fourth-order valence-electron chi connectivity index (χ4n) is 2.53. The monoisotopic (exact) mass is 248 g/mol. The molecule has 1 unspecified atom stereocenters. The minimum Gasteiger partial charge on any atom is -0.480 e. The van der Waals surface area contributed by atoms with Crippen molar-refractivity contribution >= 4 is 11.7 Å². The highest BCUT2D eigenvalue weighted by Crippen LogP contribution is 2.28. The van der Waals surface area contributed by atoms with E-state index in [0.29, 0.717) is 6.42 Å². The van der Waals surface area contributed by atoms with E-state index in [1.807, 2.05) is 6.07 Å². The minimum absolute atomic E-state index is 0.398. The predicted octanol–water partition coefficient (Wildman–Crippen LogP) is 1.41. The number of anilines is 1. The van der Waals surface area contributed by atoms with Crippen molar-refractivity contribution in [2.45, 2.75) is 32.2 Å². The first-order valence-electron chi connectivity index (χ1n) is 6.47. The Kier molecular flexibility index (Phi) is 3.87. The summed E-state index contributed by atoms with van der Waals surface area (Å²) in [5, 5.41) is 8.83. The molecule has 0 bridgehead atoms. The van der Waals surface area contributed by atoms with Crippen LogP contribution in [0.2, 0.25) is 0 Å². The third-order valence-electron chi connectivity index (χ3n) is 3.51. The maximum Gasteiger partial charge on any atom is 0.320 e. The van der Waals surface area contributed by atoms with E-state index >= 15 is 0 Å². The Balaban J connectivity index is 2.19. The molecular formula is C14H20N2O2. The van der Waals surface area contributed by atoms with Gasteiger partial charge in [0.15, 0.2) is 0 Å². The third-order valence-corrected chi connectivity index (χ3v) is 3.51. The Morgan fingerprint density at radius 3 is 3.00 bits per heavy atom. The van der Waals surface area contributed by atoms with Crippen molar-refractivity contribution in [1.29, 1.82) is 0 Å². The molecule has 0 saturated heterocycles. The molecular weight excluding hydrogens is 228 g/mol. The first-order chi connectivity index (χ1) is 8.61.